The van der Waals surface area contributed by atoms with Gasteiger partial charge in [0.05, 0.1) is 6.07 Å². The van der Waals surface area contributed by atoms with Crippen LogP contribution in [0.5, 0.6) is 0 Å². The van der Waals surface area contributed by atoms with Crippen LogP contribution in [0.25, 0.3) is 0 Å². The van der Waals surface area contributed by atoms with Gasteiger partial charge < -0.3 is 0 Å². The maximum absolute atomic E-state index is 8.43. The molecule has 46 valence electrons. The van der Waals surface area contributed by atoms with Crippen LogP contribution in [-0.2, 0) is 0 Å². The molecule has 0 fully saturated rings. The second kappa shape index (κ2) is 2.50. The molecule has 9 heavy (non-hydrogen) atoms. The Morgan fingerprint density at radius 2 is 2.22 bits per heavy atom. The molecule has 0 unspecified atom stereocenters. The van der Waals surface area contributed by atoms with Gasteiger partial charge in [-0.1, -0.05) is 11.6 Å². The predicted molar refractivity (Wildman–Crippen MR) is 36.7 cm³/mol. The Kier molecular flexibility index (Phi) is 1.69. The van der Waals surface area contributed by atoms with Gasteiger partial charge in [0.15, 0.2) is 0 Å². The molecule has 0 heterocycles. The van der Waals surface area contributed by atoms with Gasteiger partial charge in [0, 0.05) is 5.57 Å². The van der Waals surface area contributed by atoms with Gasteiger partial charge in [-0.25, -0.2) is 0 Å². The van der Waals surface area contributed by atoms with Crippen molar-refractivity contribution in [3.05, 3.63) is 23.3 Å². The lowest BCUT2D eigenvalue weighted by Crippen LogP contribution is -1.87. The second-order valence-electron chi connectivity index (χ2n) is 2.32. The minimum Gasteiger partial charge on any atom is -0.193 e. The zero-order valence-corrected chi connectivity index (χ0v) is 5.52. The largest absolute Gasteiger partial charge is 0.193 e. The molecule has 1 aliphatic rings. The molecule has 0 aliphatic heterocycles. The van der Waals surface area contributed by atoms with Crippen LogP contribution in [0.15, 0.2) is 23.3 Å². The highest BCUT2D eigenvalue weighted by Crippen LogP contribution is 2.16. The quantitative estimate of drug-likeness (QED) is 0.479. The predicted octanol–water partition coefficient (Wildman–Crippen LogP) is 2.18. The first kappa shape index (κ1) is 6.10. The summed E-state index contributed by atoms with van der Waals surface area (Å²) in [5.41, 5.74) is 2.27. The molecule has 0 saturated heterocycles. The van der Waals surface area contributed by atoms with Crippen LogP contribution in [0.1, 0.15) is 19.8 Å². The van der Waals surface area contributed by atoms with Crippen molar-refractivity contribution >= 4 is 0 Å². The summed E-state index contributed by atoms with van der Waals surface area (Å²) >= 11 is 0. The first-order valence-corrected chi connectivity index (χ1v) is 3.09. The van der Waals surface area contributed by atoms with Crippen LogP contribution >= 0.6 is 0 Å². The summed E-state index contributed by atoms with van der Waals surface area (Å²) in [6.07, 6.45) is 5.90. The normalized spacial score (nSPS) is 17.8. The highest BCUT2D eigenvalue weighted by molar-refractivity contribution is 5.31. The summed E-state index contributed by atoms with van der Waals surface area (Å²) in [5, 5.41) is 8.43. The third-order valence-electron chi connectivity index (χ3n) is 1.50. The van der Waals surface area contributed by atoms with Gasteiger partial charge in [-0.05, 0) is 25.8 Å². The summed E-state index contributed by atoms with van der Waals surface area (Å²) in [6, 6.07) is 2.14. The molecule has 1 rings (SSSR count). The minimum atomic E-state index is 0.903. The molecule has 0 saturated carbocycles. The van der Waals surface area contributed by atoms with Crippen molar-refractivity contribution in [2.45, 2.75) is 19.8 Å². The van der Waals surface area contributed by atoms with Crippen LogP contribution in [0.2, 0.25) is 0 Å². The van der Waals surface area contributed by atoms with E-state index in [-0.39, 0.29) is 0 Å². The zero-order chi connectivity index (χ0) is 6.69. The molecule has 0 N–H and O–H groups in total. The molecule has 0 spiro atoms. The van der Waals surface area contributed by atoms with Crippen LogP contribution in [-0.4, -0.2) is 0 Å². The van der Waals surface area contributed by atoms with Gasteiger partial charge in [0.25, 0.3) is 0 Å². The number of hydrogen-bond acceptors (Lipinski definition) is 1. The highest BCUT2D eigenvalue weighted by Gasteiger charge is 1.99. The van der Waals surface area contributed by atoms with Crippen molar-refractivity contribution in [3.63, 3.8) is 0 Å². The first-order chi connectivity index (χ1) is 4.33. The topological polar surface area (TPSA) is 23.8 Å². The van der Waals surface area contributed by atoms with Crippen molar-refractivity contribution in [1.82, 2.24) is 0 Å². The fourth-order valence-corrected chi connectivity index (χ4v) is 0.835. The number of nitrogens with zero attached hydrogens (tertiary/aromatic N) is 1. The molecular weight excluding hydrogens is 110 g/mol. The number of allylic oxidation sites excluding steroid dienone is 4. The monoisotopic (exact) mass is 119 g/mol. The lowest BCUT2D eigenvalue weighted by Gasteiger charge is -2.03. The molecule has 1 aliphatic carbocycles. The van der Waals surface area contributed by atoms with Gasteiger partial charge in [0.2, 0.25) is 0 Å². The van der Waals surface area contributed by atoms with E-state index in [0.717, 1.165) is 18.4 Å². The van der Waals surface area contributed by atoms with Crippen LogP contribution in [0.4, 0.5) is 0 Å². The molecule has 1 heteroatoms. The van der Waals surface area contributed by atoms with E-state index in [1.165, 1.54) is 5.57 Å². The summed E-state index contributed by atoms with van der Waals surface area (Å²) in [4.78, 5) is 0. The lowest BCUT2D eigenvalue weighted by atomic mass is 10.0. The third-order valence-corrected chi connectivity index (χ3v) is 1.50. The Hall–Kier alpha value is -1.03. The maximum Gasteiger partial charge on any atom is 0.0947 e. The highest BCUT2D eigenvalue weighted by atomic mass is 14.2. The van der Waals surface area contributed by atoms with E-state index in [2.05, 4.69) is 13.0 Å². The lowest BCUT2D eigenvalue weighted by molar-refractivity contribution is 0.930. The summed E-state index contributed by atoms with van der Waals surface area (Å²) < 4.78 is 0. The number of rotatable bonds is 0. The van der Waals surface area contributed by atoms with E-state index in [4.69, 9.17) is 5.26 Å². The molecular formula is C8H9N. The molecule has 0 bridgehead atoms. The standard InChI is InChI=1S/C8H9N/c1-7-2-4-8(6-9)5-3-7/h2,4H,3,5H2,1H3. The van der Waals surface area contributed by atoms with Crippen molar-refractivity contribution < 1.29 is 0 Å². The molecule has 0 amide bonds. The van der Waals surface area contributed by atoms with Crippen molar-refractivity contribution in [2.24, 2.45) is 0 Å². The Labute approximate surface area is 55.3 Å². The molecule has 0 radical (unpaired) electrons. The van der Waals surface area contributed by atoms with Crippen molar-refractivity contribution in [3.8, 4) is 6.07 Å². The first-order valence-electron chi connectivity index (χ1n) is 3.09. The Balaban J connectivity index is 2.73. The van der Waals surface area contributed by atoms with Crippen LogP contribution < -0.4 is 0 Å². The minimum absolute atomic E-state index is 0.903. The van der Waals surface area contributed by atoms with Gasteiger partial charge in [0.1, 0.15) is 0 Å². The molecule has 1 nitrogen and oxygen atoms in total. The zero-order valence-electron chi connectivity index (χ0n) is 5.52. The van der Waals surface area contributed by atoms with E-state index >= 15 is 0 Å². The van der Waals surface area contributed by atoms with Gasteiger partial charge in [-0.15, -0.1) is 0 Å². The molecule has 0 aromatic rings. The van der Waals surface area contributed by atoms with Crippen molar-refractivity contribution in [1.29, 1.82) is 5.26 Å². The summed E-state index contributed by atoms with van der Waals surface area (Å²) in [7, 11) is 0. The van der Waals surface area contributed by atoms with Crippen molar-refractivity contribution in [2.75, 3.05) is 0 Å². The maximum atomic E-state index is 8.43. The van der Waals surface area contributed by atoms with E-state index in [1.807, 2.05) is 12.2 Å². The smallest absolute Gasteiger partial charge is 0.0947 e. The second-order valence-corrected chi connectivity index (χ2v) is 2.32. The van der Waals surface area contributed by atoms with E-state index in [9.17, 15) is 0 Å². The van der Waals surface area contributed by atoms with Crippen LogP contribution in [0.3, 0.4) is 0 Å². The SMILES string of the molecule is CC1=CC=C(C#N)CC1. The summed E-state index contributed by atoms with van der Waals surface area (Å²) in [6.45, 7) is 2.09. The van der Waals surface area contributed by atoms with Crippen LogP contribution in [0, 0.1) is 11.3 Å². The number of hydrogen-bond donors (Lipinski definition) is 0. The molecule has 0 atom stereocenters. The fourth-order valence-electron chi connectivity index (χ4n) is 0.835. The van der Waals surface area contributed by atoms with E-state index in [0.29, 0.717) is 0 Å². The Morgan fingerprint density at radius 3 is 2.67 bits per heavy atom. The number of nitriles is 1. The van der Waals surface area contributed by atoms with Gasteiger partial charge in [-0.3, -0.25) is 0 Å². The van der Waals surface area contributed by atoms with Gasteiger partial charge >= 0.3 is 0 Å². The fraction of sp³-hybridized carbons (Fsp3) is 0.375. The Bertz CT molecular complexity index is 203. The molecule has 0 aromatic carbocycles. The third kappa shape index (κ3) is 1.43. The summed E-state index contributed by atoms with van der Waals surface area (Å²) in [5.74, 6) is 0. The average Bonchev–Trinajstić information content (AvgIpc) is 1.90. The average molecular weight is 119 g/mol. The Morgan fingerprint density at radius 1 is 1.44 bits per heavy atom. The van der Waals surface area contributed by atoms with E-state index < -0.39 is 0 Å². The molecule has 0 aromatic heterocycles. The van der Waals surface area contributed by atoms with E-state index in [1.54, 1.807) is 0 Å². The van der Waals surface area contributed by atoms with Gasteiger partial charge in [-0.2, -0.15) is 5.26 Å².